The van der Waals surface area contributed by atoms with Crippen molar-refractivity contribution in [1.29, 1.82) is 0 Å². The SMILES string of the molecule is C=C(C)C(CCO)OP(=O)(OC(CCO)C(=C)C)OC(CCO)C(=C)C. The van der Waals surface area contributed by atoms with Crippen LogP contribution in [0.4, 0.5) is 0 Å². The van der Waals surface area contributed by atoms with Crippen LogP contribution in [0.2, 0.25) is 0 Å². The van der Waals surface area contributed by atoms with Gasteiger partial charge in [-0.3, -0.25) is 13.6 Å². The van der Waals surface area contributed by atoms with Crippen LogP contribution in [-0.4, -0.2) is 53.5 Å². The minimum atomic E-state index is -4.15. The summed E-state index contributed by atoms with van der Waals surface area (Å²) in [5.41, 5.74) is 1.65. The molecule has 0 amide bonds. The lowest BCUT2D eigenvalue weighted by atomic mass is 10.1. The number of aliphatic hydroxyl groups excluding tert-OH is 3. The number of hydrogen-bond acceptors (Lipinski definition) is 7. The van der Waals surface area contributed by atoms with E-state index >= 15 is 0 Å². The van der Waals surface area contributed by atoms with Gasteiger partial charge in [-0.25, -0.2) is 4.57 Å². The smallest absolute Gasteiger partial charge is 0.396 e. The third kappa shape index (κ3) is 9.24. The average molecular weight is 392 g/mol. The predicted molar refractivity (Wildman–Crippen MR) is 102 cm³/mol. The van der Waals surface area contributed by atoms with E-state index in [2.05, 4.69) is 19.7 Å². The van der Waals surface area contributed by atoms with E-state index in [0.29, 0.717) is 16.7 Å². The normalized spacial score (nSPS) is 17.2. The van der Waals surface area contributed by atoms with Gasteiger partial charge in [0, 0.05) is 39.1 Å². The van der Waals surface area contributed by atoms with Crippen LogP contribution >= 0.6 is 7.82 Å². The summed E-state index contributed by atoms with van der Waals surface area (Å²) in [5.74, 6) is 0. The van der Waals surface area contributed by atoms with Crippen LogP contribution in [0.1, 0.15) is 40.0 Å². The zero-order valence-corrected chi connectivity index (χ0v) is 16.9. The average Bonchev–Trinajstić information content (AvgIpc) is 2.53. The van der Waals surface area contributed by atoms with Crippen LogP contribution < -0.4 is 0 Å². The first kappa shape index (κ1) is 25.2. The molecular weight excluding hydrogens is 359 g/mol. The molecule has 0 aromatic rings. The van der Waals surface area contributed by atoms with E-state index in [1.165, 1.54) is 0 Å². The van der Waals surface area contributed by atoms with E-state index in [-0.39, 0.29) is 39.1 Å². The summed E-state index contributed by atoms with van der Waals surface area (Å²) in [5, 5.41) is 27.6. The van der Waals surface area contributed by atoms with Crippen molar-refractivity contribution >= 4 is 7.82 Å². The minimum Gasteiger partial charge on any atom is -0.396 e. The second kappa shape index (κ2) is 12.6. The molecule has 0 saturated heterocycles. The molecule has 0 rings (SSSR count). The van der Waals surface area contributed by atoms with Crippen LogP contribution in [-0.2, 0) is 18.1 Å². The maximum Gasteiger partial charge on any atom is 0.476 e. The lowest BCUT2D eigenvalue weighted by molar-refractivity contribution is 0.0381. The number of phosphoric acid groups is 1. The molecule has 0 bridgehead atoms. The molecular formula is C18H33O7P. The molecule has 152 valence electrons. The lowest BCUT2D eigenvalue weighted by Gasteiger charge is -2.30. The number of hydrogen-bond donors (Lipinski definition) is 3. The van der Waals surface area contributed by atoms with Crippen LogP contribution in [0.3, 0.4) is 0 Å². The molecule has 3 unspecified atom stereocenters. The summed E-state index contributed by atoms with van der Waals surface area (Å²) in [6, 6.07) is 0. The van der Waals surface area contributed by atoms with Crippen molar-refractivity contribution in [2.75, 3.05) is 19.8 Å². The molecule has 3 atom stereocenters. The Hall–Kier alpha value is -0.790. The second-order valence-electron chi connectivity index (χ2n) is 6.31. The van der Waals surface area contributed by atoms with Gasteiger partial charge in [-0.15, -0.1) is 0 Å². The maximum absolute atomic E-state index is 13.3. The fourth-order valence-electron chi connectivity index (χ4n) is 2.06. The monoisotopic (exact) mass is 392 g/mol. The second-order valence-corrected chi connectivity index (χ2v) is 7.83. The van der Waals surface area contributed by atoms with Crippen molar-refractivity contribution in [2.24, 2.45) is 0 Å². The van der Waals surface area contributed by atoms with E-state index < -0.39 is 26.1 Å². The van der Waals surface area contributed by atoms with Crippen LogP contribution in [0.5, 0.6) is 0 Å². The Kier molecular flexibility index (Phi) is 12.2. The zero-order chi connectivity index (χ0) is 20.3. The fraction of sp³-hybridized carbons (Fsp3) is 0.667. The van der Waals surface area contributed by atoms with Crippen molar-refractivity contribution in [1.82, 2.24) is 0 Å². The summed E-state index contributed by atoms with van der Waals surface area (Å²) >= 11 is 0. The van der Waals surface area contributed by atoms with Gasteiger partial charge in [0.1, 0.15) is 0 Å². The molecule has 0 aliphatic carbocycles. The van der Waals surface area contributed by atoms with Gasteiger partial charge in [0.05, 0.1) is 18.3 Å². The topological polar surface area (TPSA) is 105 Å². The highest BCUT2D eigenvalue weighted by molar-refractivity contribution is 7.48. The van der Waals surface area contributed by atoms with Crippen LogP contribution in [0, 0.1) is 0 Å². The molecule has 0 heterocycles. The molecule has 0 aliphatic rings. The number of aliphatic hydroxyl groups is 3. The summed E-state index contributed by atoms with van der Waals surface area (Å²) < 4.78 is 30.1. The van der Waals surface area contributed by atoms with Crippen LogP contribution in [0.15, 0.2) is 36.5 Å². The highest BCUT2D eigenvalue weighted by Crippen LogP contribution is 2.55. The molecule has 0 spiro atoms. The standard InChI is InChI=1S/C18H33O7P/c1-13(2)16(7-10-19)23-26(22,24-17(8-11-20)14(3)4)25-18(9-12-21)15(5)6/h16-21H,1,3,5,7-12H2,2,4,6H3. The Morgan fingerprint density at radius 3 is 1.12 bits per heavy atom. The molecule has 7 nitrogen and oxygen atoms in total. The number of phosphoric ester groups is 1. The molecule has 26 heavy (non-hydrogen) atoms. The Morgan fingerprint density at radius 2 is 0.962 bits per heavy atom. The van der Waals surface area contributed by atoms with Crippen molar-refractivity contribution in [3.63, 3.8) is 0 Å². The van der Waals surface area contributed by atoms with Gasteiger partial charge in [0.25, 0.3) is 0 Å². The van der Waals surface area contributed by atoms with Crippen molar-refractivity contribution in [3.05, 3.63) is 36.5 Å². The van der Waals surface area contributed by atoms with Gasteiger partial charge in [-0.1, -0.05) is 36.5 Å². The Labute approximate surface area is 156 Å². The van der Waals surface area contributed by atoms with E-state index in [4.69, 9.17) is 13.6 Å². The largest absolute Gasteiger partial charge is 0.476 e. The summed E-state index contributed by atoms with van der Waals surface area (Å²) in [7, 11) is -4.15. The zero-order valence-electron chi connectivity index (χ0n) is 16.0. The van der Waals surface area contributed by atoms with E-state index in [1.54, 1.807) is 20.8 Å². The molecule has 3 N–H and O–H groups in total. The highest BCUT2D eigenvalue weighted by Gasteiger charge is 2.37. The summed E-state index contributed by atoms with van der Waals surface area (Å²) in [4.78, 5) is 0. The van der Waals surface area contributed by atoms with Gasteiger partial charge in [0.2, 0.25) is 0 Å². The van der Waals surface area contributed by atoms with Gasteiger partial charge in [-0.05, 0) is 20.8 Å². The minimum absolute atomic E-state index is 0.168. The van der Waals surface area contributed by atoms with Crippen molar-refractivity contribution < 1.29 is 33.5 Å². The van der Waals surface area contributed by atoms with E-state index in [1.807, 2.05) is 0 Å². The first-order chi connectivity index (χ1) is 12.1. The van der Waals surface area contributed by atoms with E-state index in [0.717, 1.165) is 0 Å². The summed E-state index contributed by atoms with van der Waals surface area (Å²) in [6.07, 6.45) is -1.73. The molecule has 0 aromatic carbocycles. The molecule has 0 saturated carbocycles. The maximum atomic E-state index is 13.3. The van der Waals surface area contributed by atoms with E-state index in [9.17, 15) is 19.9 Å². The molecule has 8 heteroatoms. The Morgan fingerprint density at radius 1 is 0.731 bits per heavy atom. The third-order valence-corrected chi connectivity index (χ3v) is 5.13. The number of rotatable bonds is 15. The van der Waals surface area contributed by atoms with Gasteiger partial charge < -0.3 is 15.3 Å². The first-order valence-electron chi connectivity index (χ1n) is 8.54. The fourth-order valence-corrected chi connectivity index (χ4v) is 4.00. The Balaban J connectivity index is 5.65. The quantitative estimate of drug-likeness (QED) is 0.290. The lowest BCUT2D eigenvalue weighted by Crippen LogP contribution is -2.24. The third-order valence-electron chi connectivity index (χ3n) is 3.59. The molecule has 0 fully saturated rings. The van der Waals surface area contributed by atoms with Crippen molar-refractivity contribution in [3.8, 4) is 0 Å². The van der Waals surface area contributed by atoms with Gasteiger partial charge in [-0.2, -0.15) is 0 Å². The van der Waals surface area contributed by atoms with Gasteiger partial charge in [0.15, 0.2) is 0 Å². The molecule has 0 aromatic heterocycles. The predicted octanol–water partition coefficient (Wildman–Crippen LogP) is 3.13. The van der Waals surface area contributed by atoms with Gasteiger partial charge >= 0.3 is 7.82 Å². The highest BCUT2D eigenvalue weighted by atomic mass is 31.2. The van der Waals surface area contributed by atoms with Crippen LogP contribution in [0.25, 0.3) is 0 Å². The Bertz CT molecular complexity index is 446. The first-order valence-corrected chi connectivity index (χ1v) is 10.00. The molecule has 0 aliphatic heterocycles. The summed E-state index contributed by atoms with van der Waals surface area (Å²) in [6.45, 7) is 15.8. The van der Waals surface area contributed by atoms with Crippen molar-refractivity contribution in [2.45, 2.75) is 58.3 Å². The molecule has 0 radical (unpaired) electrons.